The summed E-state index contributed by atoms with van der Waals surface area (Å²) in [7, 11) is 1.83. The van der Waals surface area contributed by atoms with E-state index in [0.29, 0.717) is 16.5 Å². The number of benzene rings is 1. The van der Waals surface area contributed by atoms with Crippen molar-refractivity contribution >= 4 is 17.3 Å². The van der Waals surface area contributed by atoms with Crippen LogP contribution in [0.2, 0.25) is 5.02 Å². The maximum Gasteiger partial charge on any atom is 0.187 e. The van der Waals surface area contributed by atoms with Gasteiger partial charge >= 0.3 is 0 Å². The summed E-state index contributed by atoms with van der Waals surface area (Å²) in [4.78, 5) is 0. The normalized spacial score (nSPS) is 10.8. The molecule has 0 aliphatic carbocycles. The van der Waals surface area contributed by atoms with Crippen LogP contribution in [0.1, 0.15) is 0 Å². The van der Waals surface area contributed by atoms with Crippen LogP contribution in [0.5, 0.6) is 0 Å². The van der Waals surface area contributed by atoms with Gasteiger partial charge in [-0.1, -0.05) is 11.6 Å². The molecule has 0 unspecified atom stereocenters. The lowest BCUT2D eigenvalue weighted by Gasteiger charge is -2.03. The van der Waals surface area contributed by atoms with Crippen molar-refractivity contribution in [2.24, 2.45) is 7.05 Å². The Morgan fingerprint density at radius 3 is 2.84 bits per heavy atom. The van der Waals surface area contributed by atoms with Gasteiger partial charge < -0.3 is 5.73 Å². The first kappa shape index (κ1) is 11.7. The molecular weight excluding hydrogens is 266 g/mol. The highest BCUT2D eigenvalue weighted by Crippen LogP contribution is 2.26. The molecule has 0 bridgehead atoms. The molecule has 96 valence electrons. The summed E-state index contributed by atoms with van der Waals surface area (Å²) in [5.41, 5.74) is 7.84. The second-order valence-corrected chi connectivity index (χ2v) is 4.43. The number of nitrogens with zero attached hydrogens (tertiary/aromatic N) is 6. The molecule has 2 aromatic heterocycles. The lowest BCUT2D eigenvalue weighted by Crippen LogP contribution is -1.99. The summed E-state index contributed by atoms with van der Waals surface area (Å²) in [5.74, 6) is 0.580. The van der Waals surface area contributed by atoms with Crippen molar-refractivity contribution in [1.82, 2.24) is 30.0 Å². The maximum absolute atomic E-state index is 5.91. The predicted molar refractivity (Wildman–Crippen MR) is 70.8 cm³/mol. The fraction of sp³-hybridized carbons (Fsp3) is 0.0909. The second-order valence-electron chi connectivity index (χ2n) is 4.02. The van der Waals surface area contributed by atoms with Gasteiger partial charge in [-0.3, -0.25) is 4.68 Å². The van der Waals surface area contributed by atoms with E-state index in [0.717, 1.165) is 11.3 Å². The smallest absolute Gasteiger partial charge is 0.187 e. The van der Waals surface area contributed by atoms with Crippen LogP contribution >= 0.6 is 11.6 Å². The Morgan fingerprint density at radius 2 is 2.16 bits per heavy atom. The van der Waals surface area contributed by atoms with E-state index in [1.165, 1.54) is 0 Å². The number of aromatic nitrogens is 6. The zero-order valence-electron chi connectivity index (χ0n) is 10.0. The molecule has 0 aliphatic rings. The fourth-order valence-corrected chi connectivity index (χ4v) is 1.86. The molecular formula is C11H10ClN7. The van der Waals surface area contributed by atoms with Gasteiger partial charge in [0.15, 0.2) is 5.82 Å². The largest absolute Gasteiger partial charge is 0.398 e. The molecule has 3 aromatic rings. The third-order valence-electron chi connectivity index (χ3n) is 2.66. The van der Waals surface area contributed by atoms with Crippen molar-refractivity contribution in [3.8, 4) is 17.1 Å². The van der Waals surface area contributed by atoms with Crippen LogP contribution in [-0.4, -0.2) is 30.0 Å². The first-order chi connectivity index (χ1) is 9.15. The predicted octanol–water partition coefficient (Wildman–Crippen LogP) is 1.30. The number of nitrogen functional groups attached to an aromatic ring is 1. The molecule has 0 saturated heterocycles. The molecule has 0 amide bonds. The minimum absolute atomic E-state index is 0.486. The number of rotatable bonds is 2. The highest BCUT2D eigenvalue weighted by atomic mass is 35.5. The van der Waals surface area contributed by atoms with Crippen LogP contribution in [0.15, 0.2) is 30.6 Å². The van der Waals surface area contributed by atoms with Crippen LogP contribution in [0, 0.1) is 0 Å². The first-order valence-corrected chi connectivity index (χ1v) is 5.86. The summed E-state index contributed by atoms with van der Waals surface area (Å²) in [6, 6.07) is 5.27. The summed E-state index contributed by atoms with van der Waals surface area (Å²) in [6.07, 6.45) is 3.50. The summed E-state index contributed by atoms with van der Waals surface area (Å²) < 4.78 is 3.27. The Kier molecular flexibility index (Phi) is 2.68. The van der Waals surface area contributed by atoms with E-state index in [1.54, 1.807) is 27.7 Å². The van der Waals surface area contributed by atoms with Gasteiger partial charge in [0, 0.05) is 12.6 Å². The minimum atomic E-state index is 0.486. The van der Waals surface area contributed by atoms with Gasteiger partial charge in [-0.2, -0.15) is 9.78 Å². The van der Waals surface area contributed by atoms with Crippen LogP contribution in [0.25, 0.3) is 17.1 Å². The van der Waals surface area contributed by atoms with Crippen molar-refractivity contribution in [1.29, 1.82) is 0 Å². The molecule has 8 heteroatoms. The monoisotopic (exact) mass is 275 g/mol. The minimum Gasteiger partial charge on any atom is -0.398 e. The number of halogens is 1. The zero-order chi connectivity index (χ0) is 13.4. The summed E-state index contributed by atoms with van der Waals surface area (Å²) >= 11 is 5.91. The SMILES string of the molecule is Cn1cc(-n2nnnc2-c2ccc(Cl)c(N)c2)cn1. The average Bonchev–Trinajstić information content (AvgIpc) is 3.00. The molecule has 19 heavy (non-hydrogen) atoms. The van der Waals surface area contributed by atoms with Crippen molar-refractivity contribution < 1.29 is 0 Å². The first-order valence-electron chi connectivity index (χ1n) is 5.48. The molecule has 0 saturated carbocycles. The molecule has 2 N–H and O–H groups in total. The number of nitrogens with two attached hydrogens (primary N) is 1. The van der Waals surface area contributed by atoms with Gasteiger partial charge in [0.2, 0.25) is 0 Å². The third kappa shape index (κ3) is 2.04. The van der Waals surface area contributed by atoms with E-state index in [-0.39, 0.29) is 0 Å². The standard InChI is InChI=1S/C11H10ClN7/c1-18-6-8(5-14-18)19-11(15-16-17-19)7-2-3-9(12)10(13)4-7/h2-6H,13H2,1H3. The quantitative estimate of drug-likeness (QED) is 0.712. The Labute approximate surface area is 113 Å². The molecule has 1 aromatic carbocycles. The van der Waals surface area contributed by atoms with Crippen molar-refractivity contribution in [2.75, 3.05) is 5.73 Å². The Bertz CT molecular complexity index is 730. The Morgan fingerprint density at radius 1 is 1.32 bits per heavy atom. The van der Waals surface area contributed by atoms with Crippen LogP contribution < -0.4 is 5.73 Å². The molecule has 0 fully saturated rings. The highest BCUT2D eigenvalue weighted by molar-refractivity contribution is 6.33. The molecule has 2 heterocycles. The maximum atomic E-state index is 5.91. The number of hydrogen-bond donors (Lipinski definition) is 1. The van der Waals surface area contributed by atoms with Gasteiger partial charge in [-0.05, 0) is 28.6 Å². The summed E-state index contributed by atoms with van der Waals surface area (Å²) in [6.45, 7) is 0. The number of aryl methyl sites for hydroxylation is 1. The van der Waals surface area contributed by atoms with Gasteiger partial charge in [-0.15, -0.1) is 5.10 Å². The lowest BCUT2D eigenvalue weighted by molar-refractivity contribution is 0.762. The summed E-state index contributed by atoms with van der Waals surface area (Å²) in [5, 5.41) is 16.3. The van der Waals surface area contributed by atoms with E-state index in [4.69, 9.17) is 17.3 Å². The number of tetrazole rings is 1. The van der Waals surface area contributed by atoms with E-state index in [2.05, 4.69) is 20.6 Å². The van der Waals surface area contributed by atoms with Gasteiger partial charge in [0.05, 0.1) is 23.1 Å². The van der Waals surface area contributed by atoms with Crippen molar-refractivity contribution in [3.05, 3.63) is 35.6 Å². The van der Waals surface area contributed by atoms with Gasteiger partial charge in [0.25, 0.3) is 0 Å². The van der Waals surface area contributed by atoms with Crippen molar-refractivity contribution in [2.45, 2.75) is 0 Å². The number of anilines is 1. The topological polar surface area (TPSA) is 87.4 Å². The highest BCUT2D eigenvalue weighted by Gasteiger charge is 2.12. The molecule has 0 atom stereocenters. The van der Waals surface area contributed by atoms with Crippen LogP contribution in [-0.2, 0) is 7.05 Å². The molecule has 0 radical (unpaired) electrons. The van der Waals surface area contributed by atoms with E-state index in [9.17, 15) is 0 Å². The molecule has 3 rings (SSSR count). The Hall–Kier alpha value is -2.41. The second kappa shape index (κ2) is 4.36. The molecule has 0 spiro atoms. The van der Waals surface area contributed by atoms with E-state index in [1.807, 2.05) is 19.3 Å². The van der Waals surface area contributed by atoms with Gasteiger partial charge in [-0.25, -0.2) is 0 Å². The Balaban J connectivity index is 2.11. The zero-order valence-corrected chi connectivity index (χ0v) is 10.8. The third-order valence-corrected chi connectivity index (χ3v) is 3.00. The van der Waals surface area contributed by atoms with Crippen molar-refractivity contribution in [3.63, 3.8) is 0 Å². The lowest BCUT2D eigenvalue weighted by atomic mass is 10.2. The van der Waals surface area contributed by atoms with E-state index < -0.39 is 0 Å². The van der Waals surface area contributed by atoms with Gasteiger partial charge in [0.1, 0.15) is 5.69 Å². The fourth-order valence-electron chi connectivity index (χ4n) is 1.74. The molecule has 7 nitrogen and oxygen atoms in total. The van der Waals surface area contributed by atoms with E-state index >= 15 is 0 Å². The number of hydrogen-bond acceptors (Lipinski definition) is 5. The molecule has 0 aliphatic heterocycles. The average molecular weight is 276 g/mol. The van der Waals surface area contributed by atoms with Crippen LogP contribution in [0.4, 0.5) is 5.69 Å². The van der Waals surface area contributed by atoms with Crippen LogP contribution in [0.3, 0.4) is 0 Å².